The summed E-state index contributed by atoms with van der Waals surface area (Å²) in [7, 11) is 0. The normalized spacial score (nSPS) is 15.0. The summed E-state index contributed by atoms with van der Waals surface area (Å²) in [6.45, 7) is 2.82. The number of benzene rings is 1. The van der Waals surface area contributed by atoms with Crippen LogP contribution in [-0.2, 0) is 4.74 Å². The Morgan fingerprint density at radius 1 is 1.12 bits per heavy atom. The minimum atomic E-state index is 0.489. The Bertz CT molecular complexity index is 934. The molecule has 4 rings (SSSR count). The molecule has 0 unspecified atom stereocenters. The van der Waals surface area contributed by atoms with Gasteiger partial charge < -0.3 is 9.64 Å². The van der Waals surface area contributed by atoms with Crippen LogP contribution >= 0.6 is 11.3 Å². The predicted octanol–water partition coefficient (Wildman–Crippen LogP) is 3.23. The molecule has 6 nitrogen and oxygen atoms in total. The van der Waals surface area contributed by atoms with Gasteiger partial charge in [-0.25, -0.2) is 0 Å². The predicted molar refractivity (Wildman–Crippen MR) is 102 cm³/mol. The fourth-order valence-corrected chi connectivity index (χ4v) is 3.55. The van der Waals surface area contributed by atoms with Crippen LogP contribution in [0.4, 0.5) is 5.95 Å². The lowest BCUT2D eigenvalue weighted by Crippen LogP contribution is -2.38. The van der Waals surface area contributed by atoms with Crippen LogP contribution in [0.1, 0.15) is 10.7 Å². The minimum Gasteiger partial charge on any atom is -0.378 e. The number of morpholine rings is 1. The van der Waals surface area contributed by atoms with Crippen molar-refractivity contribution in [3.8, 4) is 11.8 Å². The third kappa shape index (κ3) is 3.25. The number of aromatic nitrogens is 3. The van der Waals surface area contributed by atoms with Crippen molar-refractivity contribution < 1.29 is 4.74 Å². The topological polar surface area (TPSA) is 67.0 Å². The maximum Gasteiger partial charge on any atom is 0.232 e. The number of ether oxygens (including phenoxy) is 1. The van der Waals surface area contributed by atoms with Crippen LogP contribution in [0, 0.1) is 11.3 Å². The van der Waals surface area contributed by atoms with E-state index in [0.29, 0.717) is 24.6 Å². The lowest BCUT2D eigenvalue weighted by molar-refractivity contribution is 0.122. The highest BCUT2D eigenvalue weighted by atomic mass is 32.1. The number of thiophene rings is 1. The maximum atomic E-state index is 9.74. The molecule has 1 aliphatic heterocycles. The number of para-hydroxylation sites is 1. The summed E-state index contributed by atoms with van der Waals surface area (Å²) in [5, 5.41) is 20.5. The molecule has 130 valence electrons. The van der Waals surface area contributed by atoms with Gasteiger partial charge in [0.2, 0.25) is 5.95 Å². The standard InChI is InChI=1S/C19H17N5OS/c20-14-15(13-17-7-4-12-26-17)18-21-22-19(23-8-10-25-11-9-23)24(18)16-5-2-1-3-6-16/h1-7,12-13H,8-11H2. The molecule has 0 radical (unpaired) electrons. The van der Waals surface area contributed by atoms with E-state index in [-0.39, 0.29) is 0 Å². The second-order valence-corrected chi connectivity index (χ2v) is 6.76. The Balaban J connectivity index is 1.84. The van der Waals surface area contributed by atoms with E-state index in [1.165, 1.54) is 0 Å². The van der Waals surface area contributed by atoms with E-state index in [1.54, 1.807) is 11.3 Å². The molecule has 0 bridgehead atoms. The van der Waals surface area contributed by atoms with Gasteiger partial charge in [-0.3, -0.25) is 4.57 Å². The molecular weight excluding hydrogens is 346 g/mol. The number of nitrogens with zero attached hydrogens (tertiary/aromatic N) is 5. The number of hydrogen-bond acceptors (Lipinski definition) is 6. The summed E-state index contributed by atoms with van der Waals surface area (Å²) >= 11 is 1.59. The van der Waals surface area contributed by atoms with E-state index < -0.39 is 0 Å². The number of anilines is 1. The van der Waals surface area contributed by atoms with Crippen molar-refractivity contribution in [3.05, 3.63) is 58.5 Å². The quantitative estimate of drug-likeness (QED) is 0.666. The minimum absolute atomic E-state index is 0.489. The summed E-state index contributed by atoms with van der Waals surface area (Å²) < 4.78 is 7.40. The molecule has 1 aromatic carbocycles. The first-order valence-corrected chi connectivity index (χ1v) is 9.24. The Hall–Kier alpha value is -2.95. The zero-order chi connectivity index (χ0) is 17.8. The van der Waals surface area contributed by atoms with Crippen molar-refractivity contribution in [1.29, 1.82) is 5.26 Å². The van der Waals surface area contributed by atoms with Crippen molar-refractivity contribution in [1.82, 2.24) is 14.8 Å². The lowest BCUT2D eigenvalue weighted by Gasteiger charge is -2.28. The van der Waals surface area contributed by atoms with Gasteiger partial charge in [0.1, 0.15) is 6.07 Å². The summed E-state index contributed by atoms with van der Waals surface area (Å²) in [6, 6.07) is 16.1. The van der Waals surface area contributed by atoms with Crippen LogP contribution in [0.5, 0.6) is 0 Å². The molecule has 0 amide bonds. The Morgan fingerprint density at radius 3 is 2.62 bits per heavy atom. The van der Waals surface area contributed by atoms with E-state index in [9.17, 15) is 5.26 Å². The van der Waals surface area contributed by atoms with Gasteiger partial charge in [0.05, 0.1) is 24.5 Å². The molecule has 1 saturated heterocycles. The summed E-state index contributed by atoms with van der Waals surface area (Å²) in [5.41, 5.74) is 1.42. The average Bonchev–Trinajstić information content (AvgIpc) is 3.37. The first-order valence-electron chi connectivity index (χ1n) is 8.36. The van der Waals surface area contributed by atoms with Gasteiger partial charge in [-0.15, -0.1) is 21.5 Å². The van der Waals surface area contributed by atoms with Gasteiger partial charge in [0.25, 0.3) is 0 Å². The van der Waals surface area contributed by atoms with Crippen LogP contribution in [0.3, 0.4) is 0 Å². The zero-order valence-corrected chi connectivity index (χ0v) is 14.9. The first kappa shape index (κ1) is 16.5. The van der Waals surface area contributed by atoms with E-state index in [2.05, 4.69) is 21.2 Å². The van der Waals surface area contributed by atoms with Gasteiger partial charge in [-0.05, 0) is 29.7 Å². The van der Waals surface area contributed by atoms with Crippen molar-refractivity contribution in [3.63, 3.8) is 0 Å². The van der Waals surface area contributed by atoms with Gasteiger partial charge in [0.15, 0.2) is 5.82 Å². The molecular formula is C19H17N5OS. The molecule has 0 aliphatic carbocycles. The van der Waals surface area contributed by atoms with E-state index in [0.717, 1.165) is 29.6 Å². The molecule has 1 fully saturated rings. The second-order valence-electron chi connectivity index (χ2n) is 5.78. The summed E-state index contributed by atoms with van der Waals surface area (Å²) in [4.78, 5) is 3.16. The highest BCUT2D eigenvalue weighted by molar-refractivity contribution is 7.10. The largest absolute Gasteiger partial charge is 0.378 e. The third-order valence-electron chi connectivity index (χ3n) is 4.15. The van der Waals surface area contributed by atoms with Crippen LogP contribution in [0.15, 0.2) is 47.8 Å². The van der Waals surface area contributed by atoms with Crippen molar-refractivity contribution in [2.24, 2.45) is 0 Å². The van der Waals surface area contributed by atoms with Crippen molar-refractivity contribution in [2.45, 2.75) is 0 Å². The zero-order valence-electron chi connectivity index (χ0n) is 14.1. The molecule has 0 spiro atoms. The molecule has 7 heteroatoms. The fourth-order valence-electron chi connectivity index (χ4n) is 2.90. The molecule has 3 aromatic rings. The highest BCUT2D eigenvalue weighted by Gasteiger charge is 2.23. The summed E-state index contributed by atoms with van der Waals surface area (Å²) in [6.07, 6.45) is 1.86. The fraction of sp³-hybridized carbons (Fsp3) is 0.211. The van der Waals surface area contributed by atoms with Gasteiger partial charge in [-0.2, -0.15) is 5.26 Å². The van der Waals surface area contributed by atoms with Crippen LogP contribution < -0.4 is 4.90 Å². The molecule has 0 saturated carbocycles. The van der Waals surface area contributed by atoms with Crippen LogP contribution in [0.2, 0.25) is 0 Å². The van der Waals surface area contributed by atoms with E-state index >= 15 is 0 Å². The average molecular weight is 363 g/mol. The molecule has 2 aromatic heterocycles. The monoisotopic (exact) mass is 363 g/mol. The Kier molecular flexibility index (Phi) is 4.78. The number of nitriles is 1. The van der Waals surface area contributed by atoms with Crippen LogP contribution in [0.25, 0.3) is 17.3 Å². The van der Waals surface area contributed by atoms with Crippen LogP contribution in [-0.4, -0.2) is 41.1 Å². The number of rotatable bonds is 4. The second kappa shape index (κ2) is 7.52. The number of hydrogen-bond donors (Lipinski definition) is 0. The molecule has 0 atom stereocenters. The van der Waals surface area contributed by atoms with Gasteiger partial charge in [0, 0.05) is 18.0 Å². The lowest BCUT2D eigenvalue weighted by atomic mass is 10.2. The van der Waals surface area contributed by atoms with Crippen molar-refractivity contribution >= 4 is 28.9 Å². The van der Waals surface area contributed by atoms with Gasteiger partial charge >= 0.3 is 0 Å². The number of allylic oxidation sites excluding steroid dienone is 1. The Morgan fingerprint density at radius 2 is 1.92 bits per heavy atom. The highest BCUT2D eigenvalue weighted by Crippen LogP contribution is 2.27. The first-order chi connectivity index (χ1) is 12.9. The van der Waals surface area contributed by atoms with E-state index in [4.69, 9.17) is 4.74 Å². The van der Waals surface area contributed by atoms with E-state index in [1.807, 2.05) is 58.5 Å². The SMILES string of the molecule is N#CC(=Cc1cccs1)c1nnc(N2CCOCC2)n1-c1ccccc1. The summed E-state index contributed by atoms with van der Waals surface area (Å²) in [5.74, 6) is 1.29. The maximum absolute atomic E-state index is 9.74. The molecule has 26 heavy (non-hydrogen) atoms. The third-order valence-corrected chi connectivity index (χ3v) is 4.96. The van der Waals surface area contributed by atoms with Gasteiger partial charge in [-0.1, -0.05) is 24.3 Å². The van der Waals surface area contributed by atoms with Crippen molar-refractivity contribution in [2.75, 3.05) is 31.2 Å². The Labute approximate surface area is 155 Å². The molecule has 1 aliphatic rings. The smallest absolute Gasteiger partial charge is 0.232 e. The molecule has 3 heterocycles. The molecule has 0 N–H and O–H groups in total.